The average molecular weight is 357 g/mol. The van der Waals surface area contributed by atoms with Crippen LogP contribution in [-0.4, -0.2) is 38.6 Å². The molecule has 1 aromatic rings. The van der Waals surface area contributed by atoms with E-state index >= 15 is 0 Å². The molecular formula is C15H21BrN2O3. The van der Waals surface area contributed by atoms with Crippen molar-refractivity contribution in [3.05, 3.63) is 28.2 Å². The van der Waals surface area contributed by atoms with E-state index in [1.165, 1.54) is 11.8 Å². The van der Waals surface area contributed by atoms with Crippen molar-refractivity contribution in [3.8, 4) is 0 Å². The summed E-state index contributed by atoms with van der Waals surface area (Å²) in [7, 11) is 1.62. The van der Waals surface area contributed by atoms with Gasteiger partial charge in [-0.2, -0.15) is 0 Å². The molecule has 1 N–H and O–H groups in total. The molecular weight excluding hydrogens is 336 g/mol. The lowest BCUT2D eigenvalue weighted by molar-refractivity contribution is -0.123. The van der Waals surface area contributed by atoms with Gasteiger partial charge in [-0.15, -0.1) is 0 Å². The summed E-state index contributed by atoms with van der Waals surface area (Å²) in [5, 5.41) is 2.77. The van der Waals surface area contributed by atoms with Crippen LogP contribution in [-0.2, 0) is 14.3 Å². The van der Waals surface area contributed by atoms with Crippen molar-refractivity contribution in [3.63, 3.8) is 0 Å². The summed E-state index contributed by atoms with van der Waals surface area (Å²) in [5.41, 5.74) is 1.78. The fraction of sp³-hybridized carbons (Fsp3) is 0.467. The number of nitrogens with zero attached hydrogens (tertiary/aromatic N) is 1. The topological polar surface area (TPSA) is 58.6 Å². The van der Waals surface area contributed by atoms with Gasteiger partial charge in [0.15, 0.2) is 0 Å². The zero-order valence-corrected chi connectivity index (χ0v) is 14.2. The highest BCUT2D eigenvalue weighted by molar-refractivity contribution is 9.10. The van der Waals surface area contributed by atoms with E-state index in [9.17, 15) is 9.59 Å². The number of hydrogen-bond acceptors (Lipinski definition) is 3. The van der Waals surface area contributed by atoms with E-state index < -0.39 is 0 Å². The SMILES string of the molecule is COCCCNC(=O)CN(C(C)=O)c1ccc(C)c(Br)c1. The molecule has 0 fully saturated rings. The average Bonchev–Trinajstić information content (AvgIpc) is 2.44. The number of carbonyl (C=O) groups is 2. The van der Waals surface area contributed by atoms with E-state index in [0.717, 1.165) is 16.5 Å². The third-order valence-electron chi connectivity index (χ3n) is 3.00. The lowest BCUT2D eigenvalue weighted by Gasteiger charge is -2.21. The lowest BCUT2D eigenvalue weighted by atomic mass is 10.2. The number of carbonyl (C=O) groups excluding carboxylic acids is 2. The van der Waals surface area contributed by atoms with Crippen molar-refractivity contribution in [2.24, 2.45) is 0 Å². The molecule has 0 atom stereocenters. The molecule has 2 amide bonds. The molecule has 0 spiro atoms. The highest BCUT2D eigenvalue weighted by Gasteiger charge is 2.16. The molecule has 0 aliphatic carbocycles. The van der Waals surface area contributed by atoms with Crippen LogP contribution in [0.1, 0.15) is 18.9 Å². The summed E-state index contributed by atoms with van der Waals surface area (Å²) in [6, 6.07) is 5.58. The largest absolute Gasteiger partial charge is 0.385 e. The van der Waals surface area contributed by atoms with Gasteiger partial charge in [0, 0.05) is 37.3 Å². The number of amides is 2. The smallest absolute Gasteiger partial charge is 0.240 e. The quantitative estimate of drug-likeness (QED) is 0.762. The number of anilines is 1. The predicted octanol–water partition coefficient (Wildman–Crippen LogP) is 2.26. The van der Waals surface area contributed by atoms with E-state index in [2.05, 4.69) is 21.2 Å². The molecule has 0 aliphatic rings. The number of ether oxygens (including phenoxy) is 1. The zero-order valence-electron chi connectivity index (χ0n) is 12.6. The van der Waals surface area contributed by atoms with Crippen molar-refractivity contribution in [1.29, 1.82) is 0 Å². The van der Waals surface area contributed by atoms with Crippen LogP contribution >= 0.6 is 15.9 Å². The van der Waals surface area contributed by atoms with Crippen LogP contribution < -0.4 is 10.2 Å². The van der Waals surface area contributed by atoms with Crippen molar-refractivity contribution in [1.82, 2.24) is 5.32 Å². The van der Waals surface area contributed by atoms with Crippen molar-refractivity contribution in [2.45, 2.75) is 20.3 Å². The predicted molar refractivity (Wildman–Crippen MR) is 86.4 cm³/mol. The Morgan fingerprint density at radius 3 is 2.67 bits per heavy atom. The third-order valence-corrected chi connectivity index (χ3v) is 3.85. The summed E-state index contributed by atoms with van der Waals surface area (Å²) in [6.45, 7) is 4.57. The van der Waals surface area contributed by atoms with E-state index in [0.29, 0.717) is 18.8 Å². The first-order valence-corrected chi connectivity index (χ1v) is 7.55. The van der Waals surface area contributed by atoms with Crippen LogP contribution in [0.15, 0.2) is 22.7 Å². The molecule has 1 aromatic carbocycles. The molecule has 0 saturated carbocycles. The minimum atomic E-state index is -0.182. The summed E-state index contributed by atoms with van der Waals surface area (Å²) in [4.78, 5) is 25.1. The van der Waals surface area contributed by atoms with Gasteiger partial charge in [0.25, 0.3) is 0 Å². The lowest BCUT2D eigenvalue weighted by Crippen LogP contribution is -2.40. The molecule has 0 saturated heterocycles. The Morgan fingerprint density at radius 2 is 2.10 bits per heavy atom. The van der Waals surface area contributed by atoms with Crippen LogP contribution in [0.3, 0.4) is 0 Å². The number of hydrogen-bond donors (Lipinski definition) is 1. The van der Waals surface area contributed by atoms with Gasteiger partial charge in [-0.1, -0.05) is 22.0 Å². The van der Waals surface area contributed by atoms with Crippen molar-refractivity contribution >= 4 is 33.4 Å². The minimum Gasteiger partial charge on any atom is -0.385 e. The Morgan fingerprint density at radius 1 is 1.38 bits per heavy atom. The molecule has 6 heteroatoms. The highest BCUT2D eigenvalue weighted by Crippen LogP contribution is 2.23. The maximum Gasteiger partial charge on any atom is 0.240 e. The van der Waals surface area contributed by atoms with Crippen LogP contribution in [0.25, 0.3) is 0 Å². The second-order valence-electron chi connectivity index (χ2n) is 4.73. The summed E-state index contributed by atoms with van der Waals surface area (Å²) in [6.07, 6.45) is 0.748. The van der Waals surface area contributed by atoms with Gasteiger partial charge in [-0.05, 0) is 31.0 Å². The Labute approximate surface area is 133 Å². The molecule has 116 valence electrons. The van der Waals surface area contributed by atoms with Crippen LogP contribution in [0, 0.1) is 6.92 Å². The molecule has 21 heavy (non-hydrogen) atoms. The summed E-state index contributed by atoms with van der Waals surface area (Å²) >= 11 is 3.44. The third kappa shape index (κ3) is 5.85. The normalized spacial score (nSPS) is 10.3. The molecule has 0 radical (unpaired) electrons. The number of halogens is 1. The van der Waals surface area contributed by atoms with E-state index in [1.807, 2.05) is 25.1 Å². The van der Waals surface area contributed by atoms with Crippen LogP contribution in [0.4, 0.5) is 5.69 Å². The molecule has 0 bridgehead atoms. The van der Waals surface area contributed by atoms with Crippen molar-refractivity contribution in [2.75, 3.05) is 31.7 Å². The number of benzene rings is 1. The van der Waals surface area contributed by atoms with E-state index in [-0.39, 0.29) is 18.4 Å². The monoisotopic (exact) mass is 356 g/mol. The Balaban J connectivity index is 2.67. The van der Waals surface area contributed by atoms with Crippen LogP contribution in [0.2, 0.25) is 0 Å². The maximum atomic E-state index is 11.9. The van der Waals surface area contributed by atoms with E-state index in [1.54, 1.807) is 7.11 Å². The first-order valence-electron chi connectivity index (χ1n) is 6.75. The first kappa shape index (κ1) is 17.7. The van der Waals surface area contributed by atoms with Gasteiger partial charge < -0.3 is 15.0 Å². The number of rotatable bonds is 7. The standard InChI is InChI=1S/C15H21BrN2O3/c1-11-5-6-13(9-14(11)16)18(12(2)19)10-15(20)17-7-4-8-21-3/h5-6,9H,4,7-8,10H2,1-3H3,(H,17,20). The second kappa shape index (κ2) is 8.79. The molecule has 0 aliphatic heterocycles. The fourth-order valence-corrected chi connectivity index (χ4v) is 2.14. The fourth-order valence-electron chi connectivity index (χ4n) is 1.78. The van der Waals surface area contributed by atoms with Gasteiger partial charge >= 0.3 is 0 Å². The Bertz CT molecular complexity index is 506. The first-order chi connectivity index (χ1) is 9.95. The molecule has 0 unspecified atom stereocenters. The minimum absolute atomic E-state index is 0.0117. The highest BCUT2D eigenvalue weighted by atomic mass is 79.9. The van der Waals surface area contributed by atoms with Gasteiger partial charge in [0.1, 0.15) is 6.54 Å². The van der Waals surface area contributed by atoms with Gasteiger partial charge in [0.05, 0.1) is 0 Å². The van der Waals surface area contributed by atoms with E-state index in [4.69, 9.17) is 4.74 Å². The zero-order chi connectivity index (χ0) is 15.8. The molecule has 5 nitrogen and oxygen atoms in total. The number of methoxy groups -OCH3 is 1. The Kier molecular flexibility index (Phi) is 7.39. The maximum absolute atomic E-state index is 11.9. The second-order valence-corrected chi connectivity index (χ2v) is 5.59. The summed E-state index contributed by atoms with van der Waals surface area (Å²) in [5.74, 6) is -0.351. The number of aryl methyl sites for hydroxylation is 1. The molecule has 0 heterocycles. The van der Waals surface area contributed by atoms with Crippen molar-refractivity contribution < 1.29 is 14.3 Å². The number of nitrogens with one attached hydrogen (secondary N) is 1. The molecule has 0 aromatic heterocycles. The van der Waals surface area contributed by atoms with Gasteiger partial charge in [0.2, 0.25) is 11.8 Å². The van der Waals surface area contributed by atoms with Crippen LogP contribution in [0.5, 0.6) is 0 Å². The summed E-state index contributed by atoms with van der Waals surface area (Å²) < 4.78 is 5.82. The van der Waals surface area contributed by atoms with Gasteiger partial charge in [-0.25, -0.2) is 0 Å². The van der Waals surface area contributed by atoms with Gasteiger partial charge in [-0.3, -0.25) is 9.59 Å². The molecule has 1 rings (SSSR count). The Hall–Kier alpha value is -1.40.